The number of methoxy groups -OCH3 is 1. The summed E-state index contributed by atoms with van der Waals surface area (Å²) in [5, 5.41) is 1.11. The Bertz CT molecular complexity index is 418. The van der Waals surface area contributed by atoms with Crippen molar-refractivity contribution >= 4 is 10.9 Å². The van der Waals surface area contributed by atoms with E-state index >= 15 is 0 Å². The van der Waals surface area contributed by atoms with Crippen molar-refractivity contribution < 1.29 is 4.74 Å². The van der Waals surface area contributed by atoms with E-state index < -0.39 is 0 Å². The van der Waals surface area contributed by atoms with Crippen LogP contribution in [0.4, 0.5) is 0 Å². The fourth-order valence-corrected chi connectivity index (χ4v) is 1.18. The zero-order valence-electron chi connectivity index (χ0n) is 7.73. The molecule has 0 saturated heterocycles. The molecule has 72 valence electrons. The summed E-state index contributed by atoms with van der Waals surface area (Å²) in [6.45, 7) is 0. The lowest BCUT2D eigenvalue weighted by Crippen LogP contribution is -1.82. The highest BCUT2D eigenvalue weighted by molar-refractivity contribution is 5.79. The van der Waals surface area contributed by atoms with Gasteiger partial charge in [0.1, 0.15) is 5.75 Å². The van der Waals surface area contributed by atoms with E-state index in [1.807, 2.05) is 30.3 Å². The average molecular weight is 190 g/mol. The first-order valence-corrected chi connectivity index (χ1v) is 3.99. The number of benzene rings is 1. The molecule has 0 saturated carbocycles. The van der Waals surface area contributed by atoms with E-state index in [-0.39, 0.29) is 0 Å². The van der Waals surface area contributed by atoms with Crippen molar-refractivity contribution in [2.45, 2.75) is 0 Å². The van der Waals surface area contributed by atoms with Gasteiger partial charge in [0, 0.05) is 11.6 Å². The second kappa shape index (κ2) is 4.91. The predicted octanol–water partition coefficient (Wildman–Crippen LogP) is 2.57. The molecule has 4 heteroatoms. The highest BCUT2D eigenvalue weighted by Gasteiger charge is 1.94. The SMILES string of the molecule is COc1ccc2ncccc2c1.N=O. The number of rotatable bonds is 1. The van der Waals surface area contributed by atoms with Gasteiger partial charge in [0.25, 0.3) is 0 Å². The molecule has 0 aliphatic heterocycles. The van der Waals surface area contributed by atoms with Crippen molar-refractivity contribution in [1.82, 2.24) is 4.98 Å². The molecule has 0 spiro atoms. The van der Waals surface area contributed by atoms with Gasteiger partial charge in [0.15, 0.2) is 0 Å². The van der Waals surface area contributed by atoms with Crippen LogP contribution in [-0.2, 0) is 0 Å². The Morgan fingerprint density at radius 1 is 1.29 bits per heavy atom. The first-order valence-electron chi connectivity index (χ1n) is 3.99. The van der Waals surface area contributed by atoms with E-state index in [4.69, 9.17) is 9.64 Å². The maximum atomic E-state index is 7.50. The number of ether oxygens (including phenoxy) is 1. The molecule has 0 fully saturated rings. The summed E-state index contributed by atoms with van der Waals surface area (Å²) >= 11 is 0. The normalized spacial score (nSPS) is 8.93. The molecule has 0 aliphatic rings. The first kappa shape index (κ1) is 10.1. The van der Waals surface area contributed by atoms with Crippen molar-refractivity contribution in [3.05, 3.63) is 41.4 Å². The summed E-state index contributed by atoms with van der Waals surface area (Å²) in [6.07, 6.45) is 1.79. The second-order valence-electron chi connectivity index (χ2n) is 2.56. The summed E-state index contributed by atoms with van der Waals surface area (Å²) in [6, 6.07) is 9.78. The molecular weight excluding hydrogens is 180 g/mol. The van der Waals surface area contributed by atoms with Crippen molar-refractivity contribution in [2.75, 3.05) is 7.11 Å². The van der Waals surface area contributed by atoms with Gasteiger partial charge in [-0.1, -0.05) is 11.7 Å². The smallest absolute Gasteiger partial charge is 0.119 e. The Hall–Kier alpha value is -1.97. The summed E-state index contributed by atoms with van der Waals surface area (Å²) in [4.78, 5) is 11.7. The molecule has 1 N–H and O–H groups in total. The number of hydrogen-bond donors (Lipinski definition) is 1. The number of fused-ring (bicyclic) bond motifs is 1. The molecule has 0 amide bonds. The Kier molecular flexibility index (Phi) is 3.55. The molecule has 0 bridgehead atoms. The minimum atomic E-state index is 0.871. The lowest BCUT2D eigenvalue weighted by molar-refractivity contribution is 0.415. The third-order valence-electron chi connectivity index (χ3n) is 1.81. The highest BCUT2D eigenvalue weighted by Crippen LogP contribution is 2.17. The summed E-state index contributed by atoms with van der Waals surface area (Å²) in [5.74, 6) is 0.871. The zero-order chi connectivity index (χ0) is 10.4. The molecule has 4 nitrogen and oxygen atoms in total. The maximum Gasteiger partial charge on any atom is 0.119 e. The number of hydrogen-bond acceptors (Lipinski definition) is 4. The standard InChI is InChI=1S/C10H9NO.HNO/c1-12-9-4-5-10-8(7-9)3-2-6-11-10;1-2/h2-7H,1H3;1H. The van der Waals surface area contributed by atoms with Gasteiger partial charge in [-0.25, -0.2) is 0 Å². The topological polar surface area (TPSA) is 63.0 Å². The number of pyridine rings is 1. The summed E-state index contributed by atoms with van der Waals surface area (Å²) < 4.78 is 5.09. The van der Waals surface area contributed by atoms with Gasteiger partial charge >= 0.3 is 0 Å². The third-order valence-corrected chi connectivity index (χ3v) is 1.81. The average Bonchev–Trinajstić information content (AvgIpc) is 2.31. The van der Waals surface area contributed by atoms with E-state index in [1.54, 1.807) is 13.3 Å². The molecule has 0 aliphatic carbocycles. The molecular formula is C10H10N2O2. The first-order chi connectivity index (χ1) is 6.90. The number of nitrogens with zero attached hydrogens (tertiary/aromatic N) is 1. The summed E-state index contributed by atoms with van der Waals surface area (Å²) in [5.41, 5.74) is 5.50. The zero-order valence-corrected chi connectivity index (χ0v) is 7.73. The van der Waals surface area contributed by atoms with Gasteiger partial charge in [0.05, 0.1) is 12.6 Å². The Labute approximate surface area is 81.3 Å². The van der Waals surface area contributed by atoms with Crippen LogP contribution in [0, 0.1) is 10.5 Å². The van der Waals surface area contributed by atoms with Crippen molar-refractivity contribution in [3.8, 4) is 5.75 Å². The van der Waals surface area contributed by atoms with Crippen LogP contribution >= 0.6 is 0 Å². The van der Waals surface area contributed by atoms with E-state index in [0.717, 1.165) is 16.7 Å². The van der Waals surface area contributed by atoms with Crippen LogP contribution in [0.15, 0.2) is 36.5 Å². The van der Waals surface area contributed by atoms with Crippen LogP contribution in [0.2, 0.25) is 0 Å². The molecule has 0 unspecified atom stereocenters. The molecule has 0 atom stereocenters. The monoisotopic (exact) mass is 190 g/mol. The van der Waals surface area contributed by atoms with Crippen LogP contribution in [0.25, 0.3) is 10.9 Å². The van der Waals surface area contributed by atoms with Crippen molar-refractivity contribution in [1.29, 1.82) is 5.59 Å². The molecule has 2 rings (SSSR count). The number of nitrogens with one attached hydrogen (secondary N) is 1. The molecule has 1 aromatic carbocycles. The highest BCUT2D eigenvalue weighted by atomic mass is 16.5. The third kappa shape index (κ3) is 2.04. The van der Waals surface area contributed by atoms with E-state index in [1.165, 1.54) is 0 Å². The minimum Gasteiger partial charge on any atom is -0.497 e. The van der Waals surface area contributed by atoms with Gasteiger partial charge in [0.2, 0.25) is 0 Å². The van der Waals surface area contributed by atoms with Gasteiger partial charge in [-0.05, 0) is 24.3 Å². The lowest BCUT2D eigenvalue weighted by atomic mass is 10.2. The Morgan fingerprint density at radius 2 is 2.07 bits per heavy atom. The van der Waals surface area contributed by atoms with Gasteiger partial charge in [-0.2, -0.15) is 4.91 Å². The van der Waals surface area contributed by atoms with Crippen LogP contribution in [-0.4, -0.2) is 12.1 Å². The maximum absolute atomic E-state index is 7.50. The predicted molar refractivity (Wildman–Crippen MR) is 54.4 cm³/mol. The fraction of sp³-hybridized carbons (Fsp3) is 0.100. The Balaban J connectivity index is 0.000000461. The molecule has 2 aromatic rings. The quantitative estimate of drug-likeness (QED) is 0.703. The van der Waals surface area contributed by atoms with E-state index in [9.17, 15) is 0 Å². The minimum absolute atomic E-state index is 0.871. The van der Waals surface area contributed by atoms with Crippen LogP contribution in [0.5, 0.6) is 5.75 Å². The van der Waals surface area contributed by atoms with Crippen LogP contribution < -0.4 is 4.74 Å². The van der Waals surface area contributed by atoms with Crippen molar-refractivity contribution in [3.63, 3.8) is 0 Å². The summed E-state index contributed by atoms with van der Waals surface area (Å²) in [7, 11) is 1.66. The van der Waals surface area contributed by atoms with E-state index in [0.29, 0.717) is 0 Å². The molecule has 0 radical (unpaired) electrons. The van der Waals surface area contributed by atoms with Crippen LogP contribution in [0.1, 0.15) is 0 Å². The van der Waals surface area contributed by atoms with E-state index in [2.05, 4.69) is 10.6 Å². The molecule has 14 heavy (non-hydrogen) atoms. The second-order valence-corrected chi connectivity index (χ2v) is 2.56. The van der Waals surface area contributed by atoms with Gasteiger partial charge in [-0.3, -0.25) is 4.98 Å². The molecule has 1 aromatic heterocycles. The number of aromatic nitrogens is 1. The molecule has 1 heterocycles. The van der Waals surface area contributed by atoms with Crippen LogP contribution in [0.3, 0.4) is 0 Å². The fourth-order valence-electron chi connectivity index (χ4n) is 1.18. The number of nitroso groups, excluding NO2 is 1. The lowest BCUT2D eigenvalue weighted by Gasteiger charge is -2.00. The van der Waals surface area contributed by atoms with Gasteiger partial charge in [-0.15, -0.1) is 0 Å². The largest absolute Gasteiger partial charge is 0.497 e. The Morgan fingerprint density at radius 3 is 2.79 bits per heavy atom. The van der Waals surface area contributed by atoms with Crippen molar-refractivity contribution in [2.24, 2.45) is 0 Å². The van der Waals surface area contributed by atoms with Gasteiger partial charge < -0.3 is 4.74 Å².